The van der Waals surface area contributed by atoms with Crippen LogP contribution in [0.1, 0.15) is 11.1 Å². The van der Waals surface area contributed by atoms with Gasteiger partial charge in [-0.1, -0.05) is 18.2 Å². The van der Waals surface area contributed by atoms with E-state index in [1.807, 2.05) is 24.4 Å². The maximum Gasteiger partial charge on any atom is 0.0758 e. The highest BCUT2D eigenvalue weighted by Crippen LogP contribution is 2.26. The van der Waals surface area contributed by atoms with E-state index in [0.29, 0.717) is 6.42 Å². The Bertz CT molecular complexity index is 739. The summed E-state index contributed by atoms with van der Waals surface area (Å²) < 4.78 is 0. The van der Waals surface area contributed by atoms with Gasteiger partial charge in [0, 0.05) is 30.0 Å². The molecule has 0 saturated heterocycles. The molecule has 0 unspecified atom stereocenters. The van der Waals surface area contributed by atoms with Crippen molar-refractivity contribution in [2.24, 2.45) is 0 Å². The smallest absolute Gasteiger partial charge is 0.0758 e. The molecule has 3 nitrogen and oxygen atoms in total. The molecule has 1 N–H and O–H groups in total. The Morgan fingerprint density at radius 2 is 2.05 bits per heavy atom. The molecule has 2 aromatic heterocycles. The minimum absolute atomic E-state index is 0.117. The Morgan fingerprint density at radius 3 is 2.80 bits per heavy atom. The highest BCUT2D eigenvalue weighted by Gasteiger charge is 2.10. The number of hydrogen-bond donors (Lipinski definition) is 1. The van der Waals surface area contributed by atoms with Crippen molar-refractivity contribution in [2.75, 3.05) is 6.61 Å². The number of pyridine rings is 2. The lowest BCUT2D eigenvalue weighted by Gasteiger charge is -2.11. The van der Waals surface area contributed by atoms with E-state index >= 15 is 0 Å². The van der Waals surface area contributed by atoms with Crippen molar-refractivity contribution >= 4 is 10.9 Å². The lowest BCUT2D eigenvalue weighted by molar-refractivity contribution is 0.299. The van der Waals surface area contributed by atoms with Gasteiger partial charge in [0.1, 0.15) is 0 Å². The third-order valence-electron chi connectivity index (χ3n) is 3.44. The van der Waals surface area contributed by atoms with Crippen molar-refractivity contribution in [2.45, 2.75) is 13.3 Å². The largest absolute Gasteiger partial charge is 0.396 e. The molecular weight excluding hydrogens is 248 g/mol. The zero-order valence-corrected chi connectivity index (χ0v) is 11.4. The second kappa shape index (κ2) is 5.39. The molecule has 0 fully saturated rings. The number of fused-ring (bicyclic) bond motifs is 1. The van der Waals surface area contributed by atoms with E-state index in [1.54, 1.807) is 6.20 Å². The van der Waals surface area contributed by atoms with Crippen LogP contribution in [-0.2, 0) is 6.42 Å². The average molecular weight is 264 g/mol. The van der Waals surface area contributed by atoms with E-state index in [1.165, 1.54) is 0 Å². The number of hydrogen-bond acceptors (Lipinski definition) is 3. The first kappa shape index (κ1) is 12.8. The molecule has 0 spiro atoms. The fourth-order valence-electron chi connectivity index (χ4n) is 2.45. The van der Waals surface area contributed by atoms with E-state index < -0.39 is 0 Å². The molecule has 0 aliphatic heterocycles. The van der Waals surface area contributed by atoms with E-state index in [0.717, 1.165) is 33.3 Å². The van der Waals surface area contributed by atoms with Crippen molar-refractivity contribution in [1.82, 2.24) is 9.97 Å². The summed E-state index contributed by atoms with van der Waals surface area (Å²) in [5, 5.41) is 10.4. The van der Waals surface area contributed by atoms with Crippen LogP contribution in [0.25, 0.3) is 22.2 Å². The quantitative estimate of drug-likeness (QED) is 0.790. The van der Waals surface area contributed by atoms with E-state index in [9.17, 15) is 5.11 Å². The number of nitrogens with zero attached hydrogens (tertiary/aromatic N) is 2. The van der Waals surface area contributed by atoms with Gasteiger partial charge in [-0.05, 0) is 42.7 Å². The fraction of sp³-hybridized carbons (Fsp3) is 0.176. The van der Waals surface area contributed by atoms with Gasteiger partial charge >= 0.3 is 0 Å². The molecule has 3 aromatic rings. The first-order valence-electron chi connectivity index (χ1n) is 6.70. The Kier molecular flexibility index (Phi) is 3.44. The average Bonchev–Trinajstić information content (AvgIpc) is 2.48. The van der Waals surface area contributed by atoms with Crippen molar-refractivity contribution < 1.29 is 5.11 Å². The Labute approximate surface area is 117 Å². The number of para-hydroxylation sites is 1. The molecule has 0 amide bonds. The van der Waals surface area contributed by atoms with Crippen LogP contribution in [0.5, 0.6) is 0 Å². The third-order valence-corrected chi connectivity index (χ3v) is 3.44. The summed E-state index contributed by atoms with van der Waals surface area (Å²) in [7, 11) is 0. The molecule has 1 aromatic carbocycles. The molecule has 0 atom stereocenters. The van der Waals surface area contributed by atoms with Crippen molar-refractivity contribution in [3.8, 4) is 11.3 Å². The standard InChI is InChI=1S/C17H16N2O/c1-12-4-2-5-13-10-14(7-9-20)17(19-16(12)13)15-6-3-8-18-11-15/h2-6,8,10-11,20H,7,9H2,1H3. The maximum absolute atomic E-state index is 9.27. The molecule has 0 aliphatic carbocycles. The zero-order chi connectivity index (χ0) is 13.9. The first-order chi connectivity index (χ1) is 9.79. The highest BCUT2D eigenvalue weighted by molar-refractivity contribution is 5.85. The van der Waals surface area contributed by atoms with Gasteiger partial charge in [-0.2, -0.15) is 0 Å². The Balaban J connectivity index is 2.28. The molecule has 0 radical (unpaired) electrons. The number of aromatic nitrogens is 2. The summed E-state index contributed by atoms with van der Waals surface area (Å²) in [6.07, 6.45) is 4.16. The van der Waals surface area contributed by atoms with Crippen molar-refractivity contribution in [3.05, 3.63) is 59.9 Å². The van der Waals surface area contributed by atoms with Crippen LogP contribution in [0.3, 0.4) is 0 Å². The van der Waals surface area contributed by atoms with Gasteiger partial charge in [0.15, 0.2) is 0 Å². The van der Waals surface area contributed by atoms with E-state index in [2.05, 4.69) is 30.1 Å². The Hall–Kier alpha value is -2.26. The van der Waals surface area contributed by atoms with Crippen LogP contribution in [0, 0.1) is 6.92 Å². The molecule has 100 valence electrons. The minimum atomic E-state index is 0.117. The fourth-order valence-corrected chi connectivity index (χ4v) is 2.45. The van der Waals surface area contributed by atoms with Crippen LogP contribution < -0.4 is 0 Å². The summed E-state index contributed by atoms with van der Waals surface area (Å²) in [4.78, 5) is 8.97. The van der Waals surface area contributed by atoms with Crippen LogP contribution in [-0.4, -0.2) is 21.7 Å². The van der Waals surface area contributed by atoms with Gasteiger partial charge in [-0.3, -0.25) is 4.98 Å². The SMILES string of the molecule is Cc1cccc2cc(CCO)c(-c3cccnc3)nc12. The van der Waals surface area contributed by atoms with Crippen molar-refractivity contribution in [3.63, 3.8) is 0 Å². The van der Waals surface area contributed by atoms with Crippen LogP contribution >= 0.6 is 0 Å². The van der Waals surface area contributed by atoms with Crippen molar-refractivity contribution in [1.29, 1.82) is 0 Å². The topological polar surface area (TPSA) is 46.0 Å². The lowest BCUT2D eigenvalue weighted by Crippen LogP contribution is -1.99. The molecule has 20 heavy (non-hydrogen) atoms. The van der Waals surface area contributed by atoms with E-state index in [4.69, 9.17) is 4.98 Å². The molecule has 3 rings (SSSR count). The molecule has 3 heteroatoms. The van der Waals surface area contributed by atoms with Crippen LogP contribution in [0.4, 0.5) is 0 Å². The molecule has 0 aliphatic rings. The zero-order valence-electron chi connectivity index (χ0n) is 11.4. The highest BCUT2D eigenvalue weighted by atomic mass is 16.2. The van der Waals surface area contributed by atoms with E-state index in [-0.39, 0.29) is 6.61 Å². The molecule has 0 bridgehead atoms. The lowest BCUT2D eigenvalue weighted by atomic mass is 10.0. The number of benzene rings is 1. The molecule has 0 saturated carbocycles. The van der Waals surface area contributed by atoms with Gasteiger partial charge < -0.3 is 5.11 Å². The summed E-state index contributed by atoms with van der Waals surface area (Å²) in [6, 6.07) is 12.2. The minimum Gasteiger partial charge on any atom is -0.396 e. The Morgan fingerprint density at radius 1 is 1.15 bits per heavy atom. The summed E-state index contributed by atoms with van der Waals surface area (Å²) in [5.74, 6) is 0. The van der Waals surface area contributed by atoms with Gasteiger partial charge in [-0.25, -0.2) is 4.98 Å². The number of aryl methyl sites for hydroxylation is 1. The predicted octanol–water partition coefficient (Wildman–Crippen LogP) is 3.14. The molecule has 2 heterocycles. The summed E-state index contributed by atoms with van der Waals surface area (Å²) in [6.45, 7) is 2.18. The predicted molar refractivity (Wildman–Crippen MR) is 80.5 cm³/mol. The second-order valence-electron chi connectivity index (χ2n) is 4.86. The normalized spacial score (nSPS) is 10.9. The van der Waals surface area contributed by atoms with Gasteiger partial charge in [-0.15, -0.1) is 0 Å². The number of aliphatic hydroxyl groups is 1. The van der Waals surface area contributed by atoms with Crippen LogP contribution in [0.15, 0.2) is 48.8 Å². The number of aliphatic hydroxyl groups excluding tert-OH is 1. The van der Waals surface area contributed by atoms with Gasteiger partial charge in [0.05, 0.1) is 11.2 Å². The summed E-state index contributed by atoms with van der Waals surface area (Å²) >= 11 is 0. The monoisotopic (exact) mass is 264 g/mol. The van der Waals surface area contributed by atoms with Gasteiger partial charge in [0.25, 0.3) is 0 Å². The van der Waals surface area contributed by atoms with Gasteiger partial charge in [0.2, 0.25) is 0 Å². The summed E-state index contributed by atoms with van der Waals surface area (Å²) in [5.41, 5.74) is 5.12. The second-order valence-corrected chi connectivity index (χ2v) is 4.86. The first-order valence-corrected chi connectivity index (χ1v) is 6.70. The molecular formula is C17H16N2O. The third kappa shape index (κ3) is 2.28. The number of rotatable bonds is 3. The maximum atomic E-state index is 9.27. The van der Waals surface area contributed by atoms with Crippen LogP contribution in [0.2, 0.25) is 0 Å².